The molecular weight excluding hydrogens is 340 g/mol. The molecule has 2 aromatic heterocycles. The van der Waals surface area contributed by atoms with Gasteiger partial charge in [-0.05, 0) is 29.8 Å². The maximum atomic E-state index is 13.4. The topological polar surface area (TPSA) is 51.3 Å². The van der Waals surface area contributed by atoms with Crippen LogP contribution in [-0.2, 0) is 13.1 Å². The van der Waals surface area contributed by atoms with Crippen LogP contribution in [0.5, 0.6) is 0 Å². The Morgan fingerprint density at radius 3 is 2.85 bits per heavy atom. The Labute approximate surface area is 149 Å². The van der Waals surface area contributed by atoms with Crippen molar-refractivity contribution in [3.05, 3.63) is 90.4 Å². The van der Waals surface area contributed by atoms with Gasteiger partial charge in [-0.2, -0.15) is 0 Å². The number of benzene rings is 1. The molecule has 1 amide bonds. The molecular formula is C19H17F2N3O2. The van der Waals surface area contributed by atoms with Gasteiger partial charge in [-0.15, -0.1) is 6.58 Å². The monoisotopic (exact) mass is 357 g/mol. The first kappa shape index (κ1) is 17.6. The average Bonchev–Trinajstić information content (AvgIpc) is 3.30. The summed E-state index contributed by atoms with van der Waals surface area (Å²) in [5, 5.41) is 0. The SMILES string of the molecule is C=CCN(Cc1nccn1Cc1ccc(F)c(F)c1)C(=O)c1ccco1. The van der Waals surface area contributed by atoms with Crippen LogP contribution >= 0.6 is 0 Å². The van der Waals surface area contributed by atoms with Crippen LogP contribution in [0.25, 0.3) is 0 Å². The lowest BCUT2D eigenvalue weighted by Crippen LogP contribution is -2.31. The summed E-state index contributed by atoms with van der Waals surface area (Å²) < 4.78 is 33.4. The van der Waals surface area contributed by atoms with Gasteiger partial charge in [0.2, 0.25) is 0 Å². The number of nitrogens with zero attached hydrogens (tertiary/aromatic N) is 3. The predicted octanol–water partition coefficient (Wildman–Crippen LogP) is 3.63. The van der Waals surface area contributed by atoms with Gasteiger partial charge in [0.15, 0.2) is 17.4 Å². The van der Waals surface area contributed by atoms with Crippen LogP contribution in [0.3, 0.4) is 0 Å². The van der Waals surface area contributed by atoms with Crippen LogP contribution in [0, 0.1) is 11.6 Å². The fourth-order valence-electron chi connectivity index (χ4n) is 2.57. The third-order valence-electron chi connectivity index (χ3n) is 3.84. The van der Waals surface area contributed by atoms with Gasteiger partial charge < -0.3 is 13.9 Å². The third-order valence-corrected chi connectivity index (χ3v) is 3.84. The van der Waals surface area contributed by atoms with E-state index in [0.29, 0.717) is 24.5 Å². The van der Waals surface area contributed by atoms with E-state index in [-0.39, 0.29) is 18.2 Å². The number of hydrogen-bond donors (Lipinski definition) is 0. The Morgan fingerprint density at radius 2 is 2.15 bits per heavy atom. The van der Waals surface area contributed by atoms with E-state index < -0.39 is 11.6 Å². The van der Waals surface area contributed by atoms with Gasteiger partial charge in [0.1, 0.15) is 5.82 Å². The molecule has 7 heteroatoms. The van der Waals surface area contributed by atoms with Crippen LogP contribution in [0.1, 0.15) is 21.9 Å². The minimum Gasteiger partial charge on any atom is -0.459 e. The van der Waals surface area contributed by atoms with Gasteiger partial charge in [0, 0.05) is 25.5 Å². The quantitative estimate of drug-likeness (QED) is 0.607. The second kappa shape index (κ2) is 7.77. The fraction of sp³-hybridized carbons (Fsp3) is 0.158. The maximum absolute atomic E-state index is 13.4. The first-order valence-corrected chi connectivity index (χ1v) is 7.96. The minimum atomic E-state index is -0.898. The summed E-state index contributed by atoms with van der Waals surface area (Å²) in [6.07, 6.45) is 6.37. The summed E-state index contributed by atoms with van der Waals surface area (Å²) in [7, 11) is 0. The molecule has 0 radical (unpaired) electrons. The summed E-state index contributed by atoms with van der Waals surface area (Å²) in [4.78, 5) is 18.3. The lowest BCUT2D eigenvalue weighted by atomic mass is 10.2. The fourth-order valence-corrected chi connectivity index (χ4v) is 2.57. The number of hydrogen-bond acceptors (Lipinski definition) is 3. The average molecular weight is 357 g/mol. The molecule has 0 aliphatic rings. The molecule has 0 aliphatic carbocycles. The standard InChI is InChI=1S/C19H17F2N3O2/c1-2-8-24(19(25)17-4-3-10-26-17)13-18-22-7-9-23(18)12-14-5-6-15(20)16(21)11-14/h2-7,9-11H,1,8,12-13H2. The first-order valence-electron chi connectivity index (χ1n) is 7.96. The molecule has 0 fully saturated rings. The Hall–Kier alpha value is -3.22. The number of carbonyl (C=O) groups excluding carboxylic acids is 1. The lowest BCUT2D eigenvalue weighted by Gasteiger charge is -2.20. The van der Waals surface area contributed by atoms with E-state index in [0.717, 1.165) is 12.1 Å². The summed E-state index contributed by atoms with van der Waals surface area (Å²) in [5.74, 6) is -1.23. The highest BCUT2D eigenvalue weighted by Gasteiger charge is 2.19. The molecule has 3 rings (SSSR count). The van der Waals surface area contributed by atoms with Crippen molar-refractivity contribution in [2.45, 2.75) is 13.1 Å². The Balaban J connectivity index is 1.78. The van der Waals surface area contributed by atoms with Gasteiger partial charge in [-0.1, -0.05) is 12.1 Å². The Morgan fingerprint density at radius 1 is 1.31 bits per heavy atom. The Kier molecular flexibility index (Phi) is 5.26. The molecule has 2 heterocycles. The predicted molar refractivity (Wildman–Crippen MR) is 91.3 cm³/mol. The van der Waals surface area contributed by atoms with Crippen molar-refractivity contribution in [2.75, 3.05) is 6.54 Å². The normalized spacial score (nSPS) is 10.7. The number of amides is 1. The minimum absolute atomic E-state index is 0.224. The summed E-state index contributed by atoms with van der Waals surface area (Å²) in [5.41, 5.74) is 0.593. The molecule has 0 saturated heterocycles. The van der Waals surface area contributed by atoms with Gasteiger partial charge in [0.05, 0.1) is 12.8 Å². The van der Waals surface area contributed by atoms with Crippen molar-refractivity contribution in [1.82, 2.24) is 14.5 Å². The highest BCUT2D eigenvalue weighted by molar-refractivity contribution is 5.91. The summed E-state index contributed by atoms with van der Waals surface area (Å²) in [6.45, 7) is 4.52. The van der Waals surface area contributed by atoms with E-state index in [1.807, 2.05) is 0 Å². The van der Waals surface area contributed by atoms with E-state index in [1.54, 1.807) is 35.2 Å². The van der Waals surface area contributed by atoms with Crippen LogP contribution < -0.4 is 0 Å². The maximum Gasteiger partial charge on any atom is 0.290 e. The number of rotatable bonds is 7. The zero-order chi connectivity index (χ0) is 18.5. The van der Waals surface area contributed by atoms with Crippen molar-refractivity contribution in [1.29, 1.82) is 0 Å². The van der Waals surface area contributed by atoms with Gasteiger partial charge >= 0.3 is 0 Å². The molecule has 134 valence electrons. The van der Waals surface area contributed by atoms with E-state index in [9.17, 15) is 13.6 Å². The van der Waals surface area contributed by atoms with Gasteiger partial charge in [-0.25, -0.2) is 13.8 Å². The molecule has 5 nitrogen and oxygen atoms in total. The second-order valence-electron chi connectivity index (χ2n) is 5.67. The summed E-state index contributed by atoms with van der Waals surface area (Å²) >= 11 is 0. The molecule has 26 heavy (non-hydrogen) atoms. The van der Waals surface area contributed by atoms with Gasteiger partial charge in [0.25, 0.3) is 5.91 Å². The van der Waals surface area contributed by atoms with Crippen LogP contribution in [0.4, 0.5) is 8.78 Å². The number of halogens is 2. The van der Waals surface area contributed by atoms with Gasteiger partial charge in [-0.3, -0.25) is 4.79 Å². The Bertz CT molecular complexity index is 903. The first-order chi connectivity index (χ1) is 12.6. The molecule has 0 bridgehead atoms. The number of imidazole rings is 1. The highest BCUT2D eigenvalue weighted by Crippen LogP contribution is 2.14. The largest absolute Gasteiger partial charge is 0.459 e. The van der Waals surface area contributed by atoms with Crippen molar-refractivity contribution in [3.63, 3.8) is 0 Å². The molecule has 1 aromatic carbocycles. The van der Waals surface area contributed by atoms with E-state index in [4.69, 9.17) is 4.42 Å². The van der Waals surface area contributed by atoms with Crippen molar-refractivity contribution in [3.8, 4) is 0 Å². The highest BCUT2D eigenvalue weighted by atomic mass is 19.2. The van der Waals surface area contributed by atoms with Crippen molar-refractivity contribution in [2.24, 2.45) is 0 Å². The zero-order valence-electron chi connectivity index (χ0n) is 13.9. The van der Waals surface area contributed by atoms with E-state index >= 15 is 0 Å². The molecule has 0 N–H and O–H groups in total. The zero-order valence-corrected chi connectivity index (χ0v) is 13.9. The molecule has 0 spiro atoms. The van der Waals surface area contributed by atoms with Crippen LogP contribution in [0.2, 0.25) is 0 Å². The van der Waals surface area contributed by atoms with Crippen LogP contribution in [-0.4, -0.2) is 26.9 Å². The summed E-state index contributed by atoms with van der Waals surface area (Å²) in [6, 6.07) is 6.98. The van der Waals surface area contributed by atoms with E-state index in [1.165, 1.54) is 17.2 Å². The van der Waals surface area contributed by atoms with Crippen LogP contribution in [0.15, 0.2) is 66.1 Å². The molecule has 3 aromatic rings. The molecule has 0 unspecified atom stereocenters. The van der Waals surface area contributed by atoms with Crippen molar-refractivity contribution >= 4 is 5.91 Å². The van der Waals surface area contributed by atoms with E-state index in [2.05, 4.69) is 11.6 Å². The number of carbonyl (C=O) groups is 1. The lowest BCUT2D eigenvalue weighted by molar-refractivity contribution is 0.0725. The molecule has 0 aliphatic heterocycles. The molecule has 0 saturated carbocycles. The number of aromatic nitrogens is 2. The molecule has 0 atom stereocenters. The third kappa shape index (κ3) is 3.88. The second-order valence-corrected chi connectivity index (χ2v) is 5.67. The smallest absolute Gasteiger partial charge is 0.290 e. The van der Waals surface area contributed by atoms with Crippen molar-refractivity contribution < 1.29 is 18.0 Å². The number of furan rings is 1.